The molecular formula is C20H15NO. The van der Waals surface area contributed by atoms with Crippen LogP contribution < -0.4 is 5.73 Å². The molecule has 0 aliphatic heterocycles. The van der Waals surface area contributed by atoms with Crippen molar-refractivity contribution in [1.82, 2.24) is 0 Å². The summed E-state index contributed by atoms with van der Waals surface area (Å²) in [4.78, 5) is 0. The Kier molecular flexibility index (Phi) is 2.64. The maximum Gasteiger partial charge on any atom is 0.158 e. The highest BCUT2D eigenvalue weighted by Gasteiger charge is 2.15. The lowest BCUT2D eigenvalue weighted by atomic mass is 9.99. The van der Waals surface area contributed by atoms with Gasteiger partial charge < -0.3 is 10.2 Å². The van der Waals surface area contributed by atoms with E-state index in [0.29, 0.717) is 5.69 Å². The third-order valence-corrected chi connectivity index (χ3v) is 4.07. The fraction of sp³-hybridized carbons (Fsp3) is 0.100. The lowest BCUT2D eigenvalue weighted by Gasteiger charge is -2.05. The van der Waals surface area contributed by atoms with Crippen LogP contribution in [0.3, 0.4) is 0 Å². The first-order valence-corrected chi connectivity index (χ1v) is 7.29. The zero-order chi connectivity index (χ0) is 15.3. The monoisotopic (exact) mass is 285 g/mol. The molecule has 3 aromatic carbocycles. The number of rotatable bonds is 1. The summed E-state index contributed by atoms with van der Waals surface area (Å²) in [6, 6.07) is 16.2. The number of hydrogen-bond donors (Lipinski definition) is 1. The van der Waals surface area contributed by atoms with Crippen molar-refractivity contribution in [3.05, 3.63) is 59.7 Å². The molecular weight excluding hydrogens is 270 g/mol. The Morgan fingerprint density at radius 1 is 1.23 bits per heavy atom. The van der Waals surface area contributed by atoms with Gasteiger partial charge in [-0.05, 0) is 60.7 Å². The fourth-order valence-electron chi connectivity index (χ4n) is 3.08. The summed E-state index contributed by atoms with van der Waals surface area (Å²) in [6.07, 6.45) is 4.15. The highest BCUT2D eigenvalue weighted by molar-refractivity contribution is 6.15. The molecule has 0 unspecified atom stereocenters. The lowest BCUT2D eigenvalue weighted by molar-refractivity contribution is 0.671. The summed E-state index contributed by atoms with van der Waals surface area (Å²) < 4.78 is 6.04. The van der Waals surface area contributed by atoms with Crippen LogP contribution in [0.5, 0.6) is 0 Å². The minimum atomic E-state index is 0.677. The van der Waals surface area contributed by atoms with Crippen molar-refractivity contribution in [1.29, 1.82) is 0 Å². The number of anilines is 1. The first-order valence-electron chi connectivity index (χ1n) is 7.29. The molecule has 0 fully saturated rings. The molecule has 2 N–H and O–H groups in total. The quantitative estimate of drug-likeness (QED) is 0.484. The molecule has 1 heterocycles. The normalized spacial score (nSPS) is 11.7. The average Bonchev–Trinajstić information content (AvgIpc) is 2.88. The fourth-order valence-corrected chi connectivity index (χ4v) is 3.08. The van der Waals surface area contributed by atoms with Crippen molar-refractivity contribution >= 4 is 44.5 Å². The minimum absolute atomic E-state index is 0.677. The third kappa shape index (κ3) is 1.69. The van der Waals surface area contributed by atoms with E-state index < -0.39 is 0 Å². The predicted molar refractivity (Wildman–Crippen MR) is 92.8 cm³/mol. The zero-order valence-electron chi connectivity index (χ0n) is 12.5. The predicted octanol–water partition coefficient (Wildman–Crippen LogP) is 5.26. The smallest absolute Gasteiger partial charge is 0.158 e. The molecule has 22 heavy (non-hydrogen) atoms. The molecule has 0 bridgehead atoms. The molecule has 2 nitrogen and oxygen atoms in total. The molecule has 0 saturated carbocycles. The Labute approximate surface area is 128 Å². The summed E-state index contributed by atoms with van der Waals surface area (Å²) in [5.41, 5.74) is 10.8. The van der Waals surface area contributed by atoms with Gasteiger partial charge in [0.15, 0.2) is 5.58 Å². The highest BCUT2D eigenvalue weighted by Crippen LogP contribution is 2.38. The molecule has 106 valence electrons. The van der Waals surface area contributed by atoms with Crippen molar-refractivity contribution in [3.8, 4) is 0 Å². The van der Waals surface area contributed by atoms with Crippen LogP contribution in [-0.2, 0) is 0 Å². The molecule has 0 aliphatic rings. The number of nitrogens with two attached hydrogens (primary N) is 1. The van der Waals surface area contributed by atoms with Crippen LogP contribution in [0.1, 0.15) is 18.1 Å². The van der Waals surface area contributed by atoms with E-state index in [1.807, 2.05) is 37.3 Å². The molecule has 0 atom stereocenters. The Morgan fingerprint density at radius 3 is 2.91 bits per heavy atom. The number of benzene rings is 2. The Hall–Kier alpha value is -2.92. The minimum Gasteiger partial charge on any atom is -0.454 e. The van der Waals surface area contributed by atoms with Crippen LogP contribution in [0.2, 0.25) is 0 Å². The molecule has 0 amide bonds. The van der Waals surface area contributed by atoms with Crippen LogP contribution in [-0.4, -0.2) is 0 Å². The number of fused-ring (bicyclic) bond motifs is 4. The largest absolute Gasteiger partial charge is 0.454 e. The van der Waals surface area contributed by atoms with Crippen LogP contribution in [0.25, 0.3) is 38.8 Å². The van der Waals surface area contributed by atoms with E-state index in [1.54, 1.807) is 0 Å². The molecule has 2 heteroatoms. The van der Waals surface area contributed by atoms with E-state index in [-0.39, 0.29) is 0 Å². The lowest BCUT2D eigenvalue weighted by Crippen LogP contribution is -1.90. The standard InChI is InChI=1S/C20H15NO/c1-3-6-15-12(2)9-17(21)20-19(15)16-10-13-7-4-5-8-14(13)11-18(16)22-20/h3-4,6-7,9-11H,21H2,1-2H3/b6-3-. The summed E-state index contributed by atoms with van der Waals surface area (Å²) in [5, 5.41) is 4.29. The zero-order valence-corrected chi connectivity index (χ0v) is 12.5. The number of allylic oxidation sites excluding steroid dienone is 1. The van der Waals surface area contributed by atoms with Crippen LogP contribution >= 0.6 is 0 Å². The Bertz CT molecular complexity index is 1050. The third-order valence-electron chi connectivity index (χ3n) is 4.07. The van der Waals surface area contributed by atoms with E-state index in [1.165, 1.54) is 0 Å². The molecule has 0 radical (unpaired) electrons. The van der Waals surface area contributed by atoms with E-state index in [9.17, 15) is 0 Å². The van der Waals surface area contributed by atoms with Gasteiger partial charge in [-0.2, -0.15) is 0 Å². The Morgan fingerprint density at radius 2 is 2.09 bits per heavy atom. The van der Waals surface area contributed by atoms with Gasteiger partial charge in [0.2, 0.25) is 0 Å². The molecule has 1 aromatic heterocycles. The number of nitrogen functional groups attached to an aromatic ring is 1. The van der Waals surface area contributed by atoms with E-state index >= 15 is 0 Å². The summed E-state index contributed by atoms with van der Waals surface area (Å²) in [6.45, 7) is 4.10. The van der Waals surface area contributed by atoms with Gasteiger partial charge in [-0.15, -0.1) is 0 Å². The van der Waals surface area contributed by atoms with Crippen LogP contribution in [0.15, 0.2) is 40.8 Å². The van der Waals surface area contributed by atoms with Crippen LogP contribution in [0.4, 0.5) is 5.69 Å². The van der Waals surface area contributed by atoms with Gasteiger partial charge in [0.1, 0.15) is 5.58 Å². The highest BCUT2D eigenvalue weighted by atomic mass is 16.3. The van der Waals surface area contributed by atoms with Gasteiger partial charge >= 0.3 is 0 Å². The second-order valence-corrected chi connectivity index (χ2v) is 5.54. The van der Waals surface area contributed by atoms with Gasteiger partial charge in [-0.1, -0.05) is 24.3 Å². The second kappa shape index (κ2) is 4.54. The van der Waals surface area contributed by atoms with Gasteiger partial charge in [-0.3, -0.25) is 0 Å². The van der Waals surface area contributed by atoms with Crippen molar-refractivity contribution < 1.29 is 4.42 Å². The van der Waals surface area contributed by atoms with Crippen molar-refractivity contribution in [2.24, 2.45) is 0 Å². The molecule has 4 rings (SSSR count). The summed E-state index contributed by atoms with van der Waals surface area (Å²) in [5.74, 6) is 0. The summed E-state index contributed by atoms with van der Waals surface area (Å²) >= 11 is 0. The summed E-state index contributed by atoms with van der Waals surface area (Å²) in [7, 11) is 0. The molecule has 0 saturated heterocycles. The van der Waals surface area contributed by atoms with E-state index in [4.69, 9.17) is 10.2 Å². The number of furan rings is 1. The van der Waals surface area contributed by atoms with Crippen molar-refractivity contribution in [2.45, 2.75) is 13.8 Å². The van der Waals surface area contributed by atoms with Crippen molar-refractivity contribution in [3.63, 3.8) is 0 Å². The maximum atomic E-state index is 6.18. The first kappa shape index (κ1) is 12.8. The molecule has 0 spiro atoms. The first-order chi connectivity index (χ1) is 10.7. The second-order valence-electron chi connectivity index (χ2n) is 5.54. The molecule has 0 aliphatic carbocycles. The average molecular weight is 285 g/mol. The van der Waals surface area contributed by atoms with Gasteiger partial charge in [0.05, 0.1) is 5.69 Å². The van der Waals surface area contributed by atoms with E-state index in [0.717, 1.165) is 43.8 Å². The SMILES string of the molecule is C/C=C\c1c(C)cc(N)c2oc3cc4c#cccc4cc3c12. The van der Waals surface area contributed by atoms with Gasteiger partial charge in [-0.25, -0.2) is 0 Å². The topological polar surface area (TPSA) is 39.2 Å². The van der Waals surface area contributed by atoms with E-state index in [2.05, 4.69) is 31.2 Å². The van der Waals surface area contributed by atoms with Gasteiger partial charge in [0, 0.05) is 16.2 Å². The maximum absolute atomic E-state index is 6.18. The van der Waals surface area contributed by atoms with Gasteiger partial charge in [0.25, 0.3) is 0 Å². The number of aryl methyl sites for hydroxylation is 1. The molecule has 4 aromatic rings. The number of hydrogen-bond acceptors (Lipinski definition) is 2. The van der Waals surface area contributed by atoms with Crippen molar-refractivity contribution in [2.75, 3.05) is 5.73 Å². The van der Waals surface area contributed by atoms with Crippen LogP contribution in [0, 0.1) is 19.1 Å². The Balaban J connectivity index is 2.27.